The number of carbonyl (C=O) groups is 7. The van der Waals surface area contributed by atoms with Crippen LogP contribution in [0.4, 0.5) is 16.2 Å². The number of phenolic OH excluding ortho intramolecular Hbond substituents is 1. The van der Waals surface area contributed by atoms with E-state index in [0.717, 1.165) is 18.6 Å². The smallest absolute Gasteiger partial charge is 0.312 e. The van der Waals surface area contributed by atoms with E-state index < -0.39 is 123 Å². The van der Waals surface area contributed by atoms with Gasteiger partial charge in [0.1, 0.15) is 54.3 Å². The van der Waals surface area contributed by atoms with Crippen LogP contribution in [0.1, 0.15) is 140 Å². The minimum Gasteiger partial charge on any atom is -0.507 e. The number of primary amides is 1. The van der Waals surface area contributed by atoms with Crippen LogP contribution < -0.4 is 63.2 Å². The first-order valence-corrected chi connectivity index (χ1v) is 44.6. The summed E-state index contributed by atoms with van der Waals surface area (Å²) >= 11 is 0. The first-order chi connectivity index (χ1) is 61.7. The van der Waals surface area contributed by atoms with Gasteiger partial charge in [-0.15, -0.1) is 0 Å². The van der Waals surface area contributed by atoms with Crippen LogP contribution in [0.2, 0.25) is 0 Å². The highest BCUT2D eigenvalue weighted by molar-refractivity contribution is 6.17. The summed E-state index contributed by atoms with van der Waals surface area (Å²) in [4.78, 5) is 124. The highest BCUT2D eigenvalue weighted by Gasteiger charge is 2.45. The summed E-state index contributed by atoms with van der Waals surface area (Å²) in [5.41, 5.74) is 3.64. The summed E-state index contributed by atoms with van der Waals surface area (Å²) in [6, 6.07) is 8.28. The van der Waals surface area contributed by atoms with Gasteiger partial charge >= 0.3 is 17.8 Å². The van der Waals surface area contributed by atoms with E-state index in [-0.39, 0.29) is 124 Å². The number of Topliss-reactive ketones (excluding diaryl/α,β-unsaturated/α-hetero) is 1. The molecule has 5 bridgehead atoms. The van der Waals surface area contributed by atoms with Crippen molar-refractivity contribution in [1.82, 2.24) is 26.3 Å². The van der Waals surface area contributed by atoms with E-state index in [2.05, 4.69) is 59.6 Å². The average molecular weight is 1830 g/mol. The summed E-state index contributed by atoms with van der Waals surface area (Å²) in [7, 11) is 6.83. The molecule has 1 aromatic heterocycles. The number of anilines is 2. The zero-order valence-electron chi connectivity index (χ0n) is 78.9. The van der Waals surface area contributed by atoms with Crippen molar-refractivity contribution in [3.63, 3.8) is 0 Å². The van der Waals surface area contributed by atoms with Crippen molar-refractivity contribution < 1.29 is 124 Å². The number of amides is 6. The number of esters is 1. The number of hydrogen-bond donors (Lipinski definition) is 11. The number of benzene rings is 4. The van der Waals surface area contributed by atoms with Crippen LogP contribution in [0.5, 0.6) is 17.2 Å². The van der Waals surface area contributed by atoms with Gasteiger partial charge < -0.3 is 129 Å². The molecule has 0 saturated carbocycles. The maximum Gasteiger partial charge on any atom is 0.312 e. The predicted octanol–water partition coefficient (Wildman–Crippen LogP) is 7.76. The molecule has 0 fully saturated rings. The molecule has 2 aliphatic heterocycles. The minimum atomic E-state index is -2.06. The molecule has 724 valence electrons. The SMILES string of the molecule is CCCOCCOCCOCCOCCOCCOCCOCCNC(=O)CCNC(C)(C)C.COCCC(=O)N[C@H](C(=O)C[C@@H](CCCNC(N)=O)C(=O)Nc1ccc(C[N+](C)(C)CCOc2cc(=O)c3nc4c(oc3c2)c2c(=O)c3c(O)c(C)c5c(c34)=C(O)[C@@](C)(O/C=C/[C@H](OC)[C@@H](C)[C@@H](OC(C)=O)[C@H](C)[C@H](O)[C@H](C)[C@@H](O)[C@@H](C)/C=C/C=C(/C)C(=O)N2)O5)cc1)C(C)C. The Morgan fingerprint density at radius 2 is 1.33 bits per heavy atom. The minimum absolute atomic E-state index is 0.00168. The van der Waals surface area contributed by atoms with E-state index in [9.17, 15) is 58.8 Å². The van der Waals surface area contributed by atoms with E-state index in [1.165, 1.54) is 78.5 Å². The van der Waals surface area contributed by atoms with Crippen molar-refractivity contribution in [3.05, 3.63) is 109 Å². The number of urea groups is 1. The van der Waals surface area contributed by atoms with Gasteiger partial charge in [-0.1, -0.05) is 78.8 Å². The number of quaternary nitrogens is 1. The van der Waals surface area contributed by atoms with E-state index in [1.807, 2.05) is 26.2 Å². The molecule has 5 aromatic rings. The Labute approximate surface area is 761 Å². The van der Waals surface area contributed by atoms with Gasteiger partial charge in [0.2, 0.25) is 28.6 Å². The van der Waals surface area contributed by atoms with E-state index in [0.29, 0.717) is 135 Å². The molecule has 0 radical (unpaired) electrons. The number of aromatic hydroxyl groups is 1. The number of carbonyl (C=O) groups excluding carboxylic acids is 7. The Balaban J connectivity index is 0.000000645. The number of nitrogens with one attached hydrogen (secondary N) is 6. The Morgan fingerprint density at radius 3 is 1.90 bits per heavy atom. The number of rotatable bonds is 48. The number of phenols is 1. The maximum atomic E-state index is 15.1. The maximum absolute atomic E-state index is 15.1. The number of hydrogen-bond acceptors (Lipinski definition) is 29. The Kier molecular flexibility index (Phi) is 45.5. The fourth-order valence-corrected chi connectivity index (χ4v) is 14.7. The van der Waals surface area contributed by atoms with Crippen molar-refractivity contribution in [2.75, 3.05) is 171 Å². The molecule has 7 rings (SSSR count). The molecule has 6 amide bonds. The highest BCUT2D eigenvalue weighted by Crippen LogP contribution is 2.43. The molecular formula is C94H142N9O27+. The van der Waals surface area contributed by atoms with Crippen LogP contribution >= 0.6 is 0 Å². The second-order valence-corrected chi connectivity index (χ2v) is 34.8. The number of ether oxygens (including phenoxy) is 13. The predicted molar refractivity (Wildman–Crippen MR) is 491 cm³/mol. The molecule has 130 heavy (non-hydrogen) atoms. The number of fused-ring (bicyclic) bond motifs is 5. The van der Waals surface area contributed by atoms with Crippen LogP contribution in [0.15, 0.2) is 86.5 Å². The van der Waals surface area contributed by atoms with Crippen molar-refractivity contribution in [1.29, 1.82) is 0 Å². The summed E-state index contributed by atoms with van der Waals surface area (Å²) < 4.78 is 80.1. The van der Waals surface area contributed by atoms with Gasteiger partial charge in [0.25, 0.3) is 5.91 Å². The molecule has 0 spiro atoms. The molecule has 36 heteroatoms. The Hall–Kier alpha value is -9.80. The zero-order valence-corrected chi connectivity index (χ0v) is 78.9. The summed E-state index contributed by atoms with van der Waals surface area (Å²) in [6.45, 7) is 34.5. The van der Waals surface area contributed by atoms with Crippen LogP contribution in [0, 0.1) is 42.4 Å². The van der Waals surface area contributed by atoms with Gasteiger partial charge in [-0.2, -0.15) is 0 Å². The average Bonchev–Trinajstić information content (AvgIpc) is 1.46. The summed E-state index contributed by atoms with van der Waals surface area (Å²) in [5.74, 6) is -9.52. The van der Waals surface area contributed by atoms with Gasteiger partial charge in [0, 0.05) is 149 Å². The Morgan fingerprint density at radius 1 is 0.723 bits per heavy atom. The molecule has 4 aromatic carbocycles. The number of likely N-dealkylation sites (N-methyl/N-ethyl adjacent to an activating group) is 1. The number of aliphatic hydroxyl groups is 3. The molecule has 0 unspecified atom stereocenters. The van der Waals surface area contributed by atoms with E-state index in [4.69, 9.17) is 76.7 Å². The van der Waals surface area contributed by atoms with Crippen molar-refractivity contribution in [2.45, 2.75) is 184 Å². The van der Waals surface area contributed by atoms with Crippen LogP contribution in [-0.4, -0.2) is 273 Å². The largest absolute Gasteiger partial charge is 0.507 e. The standard InChI is InChI=1S/C70H91N7O19.C24H50N2O8/c1-35(2)55(74-51(81)25-28-90-13)47(79)31-44(19-16-26-72-69(71)89)68(88)73-45-22-20-43(21-23-45)34-77(11,12)27-30-92-46-32-48(80)56-50(33-46)95-65-57(75-56)52-53-61(84)41(8)64-54(52)66(86)70(10,96-64)93-29-24-49(91-14)38(5)63(94-42(9)78)40(7)60(83)39(6)59(82)36(3)17-15-18-37(4)67(87)76-58(65)62(53)85;1-5-9-28-11-13-30-15-17-32-19-21-34-22-20-33-18-16-31-14-12-29-10-8-25-23(27)6-7-26-24(2,3)4/h15,17-18,20-24,29,32-33,35-36,38-40,44,49,55,59-60,63,82-83H,16,19,25-28,30-31,34H2,1-14H3,(H7-,71,72,73,74,75,76,80,81,84,85,86,87,88,89);26H,5-22H2,1-4H3,(H,25,27)/p+1/b17-15+,29-24+,37-18-;/t36-,38+,39+,40+,44+,49-,55-,59-,60+,63+,70-;/m0./s1. The number of nitrogens with two attached hydrogens (primary N) is 1. The van der Waals surface area contributed by atoms with E-state index >= 15 is 4.79 Å². The zero-order chi connectivity index (χ0) is 96.0. The number of ketones is 1. The molecule has 2 aliphatic rings. The molecule has 3 heterocycles. The van der Waals surface area contributed by atoms with Gasteiger partial charge in [0.05, 0.1) is 148 Å². The summed E-state index contributed by atoms with van der Waals surface area (Å²) in [5, 5.41) is 63.8. The lowest BCUT2D eigenvalue weighted by molar-refractivity contribution is -0.903. The highest BCUT2D eigenvalue weighted by atomic mass is 16.7. The lowest BCUT2D eigenvalue weighted by Crippen LogP contribution is -2.46. The number of methoxy groups -OCH3 is 2. The molecule has 12 N–H and O–H groups in total. The first-order valence-electron chi connectivity index (χ1n) is 44.6. The first kappa shape index (κ1) is 109. The second kappa shape index (κ2) is 54.3. The van der Waals surface area contributed by atoms with E-state index in [1.54, 1.807) is 59.8 Å². The number of allylic oxidation sites excluding steroid dienone is 2. The van der Waals surface area contributed by atoms with Crippen molar-refractivity contribution in [3.8, 4) is 17.2 Å². The van der Waals surface area contributed by atoms with Gasteiger partial charge in [-0.25, -0.2) is 9.78 Å². The quantitative estimate of drug-likeness (QED) is 0.00582. The molecule has 0 aliphatic carbocycles. The van der Waals surface area contributed by atoms with Crippen molar-refractivity contribution >= 4 is 91.5 Å². The van der Waals surface area contributed by atoms with Crippen LogP contribution in [0.3, 0.4) is 0 Å². The molecule has 0 saturated heterocycles. The lowest BCUT2D eigenvalue weighted by Gasteiger charge is -2.38. The van der Waals surface area contributed by atoms with Crippen molar-refractivity contribution in [2.24, 2.45) is 41.2 Å². The molecular weight excluding hydrogens is 1690 g/mol. The molecule has 36 nitrogen and oxygen atoms in total. The fourth-order valence-electron chi connectivity index (χ4n) is 14.7. The lowest BCUT2D eigenvalue weighted by atomic mass is 9.78. The van der Waals surface area contributed by atoms with Gasteiger partial charge in [0.15, 0.2) is 28.2 Å². The van der Waals surface area contributed by atoms with Gasteiger partial charge in [-0.05, 0) is 78.0 Å². The normalized spacial score (nSPS) is 20.6. The third-order valence-electron chi connectivity index (χ3n) is 22.1. The fraction of sp³-hybridized carbons (Fsp3) is 0.617. The summed E-state index contributed by atoms with van der Waals surface area (Å²) in [6.07, 6.45) is 5.19. The number of aliphatic hydroxyl groups excluding tert-OH is 3. The topological polar surface area (TPSA) is 479 Å². The number of aromatic nitrogens is 1. The monoisotopic (exact) mass is 1830 g/mol. The van der Waals surface area contributed by atoms with Crippen LogP contribution in [0.25, 0.3) is 38.7 Å². The second-order valence-electron chi connectivity index (χ2n) is 34.8. The van der Waals surface area contributed by atoms with Gasteiger partial charge in [-0.3, -0.25) is 38.4 Å². The third kappa shape index (κ3) is 34.4. The molecule has 11 atom stereocenters. The van der Waals surface area contributed by atoms with Crippen LogP contribution in [-0.2, 0) is 87.4 Å². The Bertz CT molecular complexity index is 4780. The third-order valence-corrected chi connectivity index (χ3v) is 22.1. The number of nitrogens with zero attached hydrogens (tertiary/aromatic N) is 2.